The van der Waals surface area contributed by atoms with Crippen LogP contribution < -0.4 is 5.32 Å². The van der Waals surface area contributed by atoms with Crippen molar-refractivity contribution < 1.29 is 4.79 Å². The van der Waals surface area contributed by atoms with Gasteiger partial charge >= 0.3 is 0 Å². The van der Waals surface area contributed by atoms with Crippen LogP contribution in [-0.2, 0) is 11.3 Å². The standard InChI is InChI=1S/C16H21N3O/c1-2-19(16(20)10-15-8-5-9-18-15)12-14-7-4-3-6-13(14)11-17/h3-4,6-7,15,18H,2,5,8-10,12H2,1H3. The van der Waals surface area contributed by atoms with Gasteiger partial charge in [-0.15, -0.1) is 0 Å². The molecule has 0 spiro atoms. The summed E-state index contributed by atoms with van der Waals surface area (Å²) in [6.07, 6.45) is 2.79. The average Bonchev–Trinajstić information content (AvgIpc) is 2.97. The molecule has 4 nitrogen and oxygen atoms in total. The van der Waals surface area contributed by atoms with Gasteiger partial charge in [-0.2, -0.15) is 5.26 Å². The van der Waals surface area contributed by atoms with Crippen molar-refractivity contribution in [3.63, 3.8) is 0 Å². The maximum Gasteiger partial charge on any atom is 0.224 e. The molecule has 0 aromatic heterocycles. The molecular weight excluding hydrogens is 250 g/mol. The van der Waals surface area contributed by atoms with Gasteiger partial charge in [-0.25, -0.2) is 0 Å². The van der Waals surface area contributed by atoms with Gasteiger partial charge in [-0.1, -0.05) is 18.2 Å². The SMILES string of the molecule is CCN(Cc1ccccc1C#N)C(=O)CC1CCCN1. The largest absolute Gasteiger partial charge is 0.339 e. The lowest BCUT2D eigenvalue weighted by Gasteiger charge is -2.23. The summed E-state index contributed by atoms with van der Waals surface area (Å²) >= 11 is 0. The summed E-state index contributed by atoms with van der Waals surface area (Å²) in [6.45, 7) is 4.19. The van der Waals surface area contributed by atoms with E-state index in [1.54, 1.807) is 6.07 Å². The molecule has 0 radical (unpaired) electrons. The van der Waals surface area contributed by atoms with Crippen molar-refractivity contribution in [2.24, 2.45) is 0 Å². The molecule has 1 heterocycles. The van der Waals surface area contributed by atoms with Crippen LogP contribution in [0.2, 0.25) is 0 Å². The van der Waals surface area contributed by atoms with Crippen LogP contribution in [-0.4, -0.2) is 29.9 Å². The van der Waals surface area contributed by atoms with Gasteiger partial charge in [0.15, 0.2) is 0 Å². The van der Waals surface area contributed by atoms with Gasteiger partial charge in [-0.3, -0.25) is 4.79 Å². The van der Waals surface area contributed by atoms with E-state index in [-0.39, 0.29) is 5.91 Å². The molecule has 1 amide bonds. The predicted octanol–water partition coefficient (Wildman–Crippen LogP) is 2.05. The number of rotatable bonds is 5. The molecule has 4 heteroatoms. The van der Waals surface area contributed by atoms with Crippen molar-refractivity contribution in [1.82, 2.24) is 10.2 Å². The Bertz CT molecular complexity index is 501. The van der Waals surface area contributed by atoms with E-state index in [1.165, 1.54) is 0 Å². The topological polar surface area (TPSA) is 56.1 Å². The van der Waals surface area contributed by atoms with Gasteiger partial charge in [0, 0.05) is 25.6 Å². The summed E-state index contributed by atoms with van der Waals surface area (Å²) in [7, 11) is 0. The molecule has 0 aliphatic carbocycles. The normalized spacial score (nSPS) is 17.7. The Morgan fingerprint density at radius 2 is 2.30 bits per heavy atom. The molecule has 1 N–H and O–H groups in total. The van der Waals surface area contributed by atoms with Crippen LogP contribution in [0.25, 0.3) is 0 Å². The predicted molar refractivity (Wildman–Crippen MR) is 77.9 cm³/mol. The van der Waals surface area contributed by atoms with Crippen LogP contribution in [0.1, 0.15) is 37.3 Å². The lowest BCUT2D eigenvalue weighted by atomic mass is 10.1. The zero-order valence-electron chi connectivity index (χ0n) is 11.9. The van der Waals surface area contributed by atoms with Crippen molar-refractivity contribution in [2.75, 3.05) is 13.1 Å². The quantitative estimate of drug-likeness (QED) is 0.891. The zero-order chi connectivity index (χ0) is 14.4. The highest BCUT2D eigenvalue weighted by Gasteiger charge is 2.21. The summed E-state index contributed by atoms with van der Waals surface area (Å²) in [6, 6.07) is 9.99. The van der Waals surface area contributed by atoms with E-state index in [9.17, 15) is 4.79 Å². The second-order valence-electron chi connectivity index (χ2n) is 5.17. The number of carbonyl (C=O) groups is 1. The summed E-state index contributed by atoms with van der Waals surface area (Å²) in [5, 5.41) is 12.5. The van der Waals surface area contributed by atoms with Crippen molar-refractivity contribution in [1.29, 1.82) is 5.26 Å². The third-order valence-electron chi connectivity index (χ3n) is 3.82. The fraction of sp³-hybridized carbons (Fsp3) is 0.500. The first-order valence-electron chi connectivity index (χ1n) is 7.23. The first kappa shape index (κ1) is 14.5. The molecule has 1 saturated heterocycles. The van der Waals surface area contributed by atoms with E-state index >= 15 is 0 Å². The molecule has 0 bridgehead atoms. The van der Waals surface area contributed by atoms with E-state index < -0.39 is 0 Å². The fourth-order valence-electron chi connectivity index (χ4n) is 2.62. The van der Waals surface area contributed by atoms with Crippen molar-refractivity contribution in [2.45, 2.75) is 38.8 Å². The van der Waals surface area contributed by atoms with Gasteiger partial charge in [0.2, 0.25) is 5.91 Å². The highest BCUT2D eigenvalue weighted by atomic mass is 16.2. The maximum absolute atomic E-state index is 12.3. The summed E-state index contributed by atoms with van der Waals surface area (Å²) in [4.78, 5) is 14.2. The van der Waals surface area contributed by atoms with Crippen LogP contribution in [0.4, 0.5) is 0 Å². The van der Waals surface area contributed by atoms with Gasteiger partial charge in [-0.05, 0) is 37.9 Å². The maximum atomic E-state index is 12.3. The minimum atomic E-state index is 0.166. The van der Waals surface area contributed by atoms with Crippen molar-refractivity contribution in [3.8, 4) is 6.07 Å². The molecule has 2 rings (SSSR count). The second kappa shape index (κ2) is 7.06. The van der Waals surface area contributed by atoms with Crippen LogP contribution in [0.3, 0.4) is 0 Å². The molecule has 106 valence electrons. The molecule has 1 atom stereocenters. The van der Waals surface area contributed by atoms with E-state index in [4.69, 9.17) is 5.26 Å². The highest BCUT2D eigenvalue weighted by Crippen LogP contribution is 2.14. The number of hydrogen-bond acceptors (Lipinski definition) is 3. The molecule has 1 aromatic rings. The van der Waals surface area contributed by atoms with Gasteiger partial charge in [0.1, 0.15) is 0 Å². The van der Waals surface area contributed by atoms with E-state index in [0.717, 1.165) is 24.9 Å². The molecule has 1 fully saturated rings. The first-order chi connectivity index (χ1) is 9.74. The molecule has 1 unspecified atom stereocenters. The summed E-state index contributed by atoms with van der Waals surface area (Å²) < 4.78 is 0. The molecule has 20 heavy (non-hydrogen) atoms. The molecule has 1 aliphatic rings. The number of hydrogen-bond donors (Lipinski definition) is 1. The Morgan fingerprint density at radius 3 is 2.95 bits per heavy atom. The number of carbonyl (C=O) groups excluding carboxylic acids is 1. The van der Waals surface area contributed by atoms with Gasteiger partial charge in [0.25, 0.3) is 0 Å². The Kier molecular flexibility index (Phi) is 5.14. The monoisotopic (exact) mass is 271 g/mol. The van der Waals surface area contributed by atoms with Gasteiger partial charge < -0.3 is 10.2 Å². The van der Waals surface area contributed by atoms with Crippen LogP contribution in [0, 0.1) is 11.3 Å². The van der Waals surface area contributed by atoms with Crippen LogP contribution in [0.5, 0.6) is 0 Å². The third-order valence-corrected chi connectivity index (χ3v) is 3.82. The van der Waals surface area contributed by atoms with E-state index in [2.05, 4.69) is 11.4 Å². The lowest BCUT2D eigenvalue weighted by Crippen LogP contribution is -2.35. The Balaban J connectivity index is 2.00. The van der Waals surface area contributed by atoms with Crippen LogP contribution >= 0.6 is 0 Å². The highest BCUT2D eigenvalue weighted by molar-refractivity contribution is 5.77. The Hall–Kier alpha value is -1.86. The summed E-state index contributed by atoms with van der Waals surface area (Å²) in [5.41, 5.74) is 1.57. The van der Waals surface area contributed by atoms with Crippen LogP contribution in [0.15, 0.2) is 24.3 Å². The Labute approximate surface area is 120 Å². The van der Waals surface area contributed by atoms with Crippen molar-refractivity contribution in [3.05, 3.63) is 35.4 Å². The first-order valence-corrected chi connectivity index (χ1v) is 7.23. The molecule has 0 saturated carbocycles. The smallest absolute Gasteiger partial charge is 0.224 e. The molecular formula is C16H21N3O. The molecule has 1 aromatic carbocycles. The second-order valence-corrected chi connectivity index (χ2v) is 5.17. The third kappa shape index (κ3) is 3.58. The van der Waals surface area contributed by atoms with Crippen molar-refractivity contribution >= 4 is 5.91 Å². The number of nitriles is 1. The number of amides is 1. The number of nitrogens with zero attached hydrogens (tertiary/aromatic N) is 2. The van der Waals surface area contributed by atoms with E-state index in [0.29, 0.717) is 31.1 Å². The zero-order valence-corrected chi connectivity index (χ0v) is 11.9. The Morgan fingerprint density at radius 1 is 1.50 bits per heavy atom. The lowest BCUT2D eigenvalue weighted by molar-refractivity contribution is -0.132. The number of benzene rings is 1. The minimum absolute atomic E-state index is 0.166. The van der Waals surface area contributed by atoms with Gasteiger partial charge in [0.05, 0.1) is 11.6 Å². The number of nitrogens with one attached hydrogen (secondary N) is 1. The van der Waals surface area contributed by atoms with E-state index in [1.807, 2.05) is 30.0 Å². The molecule has 1 aliphatic heterocycles. The minimum Gasteiger partial charge on any atom is -0.339 e. The fourth-order valence-corrected chi connectivity index (χ4v) is 2.62. The average molecular weight is 271 g/mol. The summed E-state index contributed by atoms with van der Waals surface area (Å²) in [5.74, 6) is 0.166.